The number of benzene rings is 1. The van der Waals surface area contributed by atoms with Gasteiger partial charge in [0.2, 0.25) is 0 Å². The van der Waals surface area contributed by atoms with E-state index in [1.807, 2.05) is 28.8 Å². The summed E-state index contributed by atoms with van der Waals surface area (Å²) in [6.45, 7) is 7.27. The van der Waals surface area contributed by atoms with Crippen molar-refractivity contribution < 1.29 is 28.5 Å². The molecule has 0 unspecified atom stereocenters. The predicted molar refractivity (Wildman–Crippen MR) is 167 cm³/mol. The molecule has 1 fully saturated rings. The first-order valence-corrected chi connectivity index (χ1v) is 15.3. The number of imidazole rings is 1. The Labute approximate surface area is 259 Å². The second kappa shape index (κ2) is 17.0. The number of esters is 1. The van der Waals surface area contributed by atoms with Gasteiger partial charge in [0.05, 0.1) is 27.2 Å². The number of anilines is 1. The summed E-state index contributed by atoms with van der Waals surface area (Å²) in [4.78, 5) is 29.7. The van der Waals surface area contributed by atoms with Gasteiger partial charge in [0, 0.05) is 20.2 Å². The van der Waals surface area contributed by atoms with Crippen LogP contribution >= 0.6 is 0 Å². The number of nitrogens with two attached hydrogens (primary N) is 1. The van der Waals surface area contributed by atoms with Gasteiger partial charge in [-0.2, -0.15) is 15.0 Å². The highest BCUT2D eigenvalue weighted by atomic mass is 16.5. The van der Waals surface area contributed by atoms with Crippen LogP contribution in [0.15, 0.2) is 24.3 Å². The number of likely N-dealkylation sites (N-methyl/N-ethyl adjacent to an activating group) is 1. The van der Waals surface area contributed by atoms with Crippen LogP contribution in [0.1, 0.15) is 31.2 Å². The molecule has 0 radical (unpaired) electrons. The molecule has 3 aromatic rings. The van der Waals surface area contributed by atoms with Crippen molar-refractivity contribution in [1.29, 1.82) is 0 Å². The van der Waals surface area contributed by atoms with Crippen LogP contribution in [0, 0.1) is 5.92 Å². The number of nitrogen functional groups attached to an aromatic ring is 1. The smallest absolute Gasteiger partial charge is 0.320 e. The van der Waals surface area contributed by atoms with Crippen LogP contribution < -0.4 is 19.9 Å². The maximum Gasteiger partial charge on any atom is 0.320 e. The number of likely N-dealkylation sites (tertiary alicyclic amines) is 1. The van der Waals surface area contributed by atoms with E-state index in [9.17, 15) is 4.79 Å². The fourth-order valence-corrected chi connectivity index (χ4v) is 5.41. The number of aryl methyl sites for hydroxylation is 1. The van der Waals surface area contributed by atoms with Gasteiger partial charge in [-0.3, -0.25) is 9.36 Å². The van der Waals surface area contributed by atoms with E-state index in [0.29, 0.717) is 42.9 Å². The molecule has 13 nitrogen and oxygen atoms in total. The molecule has 242 valence electrons. The van der Waals surface area contributed by atoms with E-state index in [4.69, 9.17) is 29.4 Å². The number of carbonyl (C=O) groups excluding carboxylic acids is 1. The normalized spacial score (nSPS) is 14.3. The van der Waals surface area contributed by atoms with E-state index >= 15 is 0 Å². The highest BCUT2D eigenvalue weighted by molar-refractivity contribution is 5.83. The lowest BCUT2D eigenvalue weighted by Crippen LogP contribution is -2.36. The number of carbonyl (C=O) groups is 1. The van der Waals surface area contributed by atoms with E-state index in [-0.39, 0.29) is 24.2 Å². The molecule has 3 heterocycles. The Bertz CT molecular complexity index is 1330. The highest BCUT2D eigenvalue weighted by Gasteiger charge is 2.22. The van der Waals surface area contributed by atoms with E-state index in [1.165, 1.54) is 7.11 Å². The van der Waals surface area contributed by atoms with Crippen molar-refractivity contribution in [2.45, 2.75) is 38.6 Å². The van der Waals surface area contributed by atoms with Crippen LogP contribution in [0.5, 0.6) is 17.8 Å². The number of hydrogen-bond acceptors (Lipinski definition) is 12. The quantitative estimate of drug-likeness (QED) is 0.167. The molecule has 0 aliphatic carbocycles. The van der Waals surface area contributed by atoms with Gasteiger partial charge in [0.15, 0.2) is 17.0 Å². The highest BCUT2D eigenvalue weighted by Crippen LogP contribution is 2.28. The van der Waals surface area contributed by atoms with Gasteiger partial charge < -0.3 is 39.2 Å². The summed E-state index contributed by atoms with van der Waals surface area (Å²) in [6, 6.07) is 8.31. The molecule has 0 spiro atoms. The molecule has 0 saturated carbocycles. The molecule has 1 aromatic carbocycles. The van der Waals surface area contributed by atoms with Gasteiger partial charge in [-0.05, 0) is 82.5 Å². The van der Waals surface area contributed by atoms with Gasteiger partial charge in [0.1, 0.15) is 19.0 Å². The van der Waals surface area contributed by atoms with Gasteiger partial charge in [-0.25, -0.2) is 0 Å². The van der Waals surface area contributed by atoms with E-state index in [0.717, 1.165) is 76.3 Å². The molecule has 2 aromatic heterocycles. The third kappa shape index (κ3) is 9.66. The minimum absolute atomic E-state index is 0.213. The zero-order valence-corrected chi connectivity index (χ0v) is 26.5. The molecular formula is C31H47N7O6. The molecule has 0 atom stereocenters. The Morgan fingerprint density at radius 1 is 1.02 bits per heavy atom. The molecule has 4 rings (SSSR count). The van der Waals surface area contributed by atoms with Gasteiger partial charge in [-0.1, -0.05) is 12.1 Å². The minimum Gasteiger partial charge on any atom is -0.492 e. The summed E-state index contributed by atoms with van der Waals surface area (Å²) < 4.78 is 28.8. The van der Waals surface area contributed by atoms with Gasteiger partial charge in [0.25, 0.3) is 6.01 Å². The Hall–Kier alpha value is -3.68. The molecular weight excluding hydrogens is 566 g/mol. The van der Waals surface area contributed by atoms with Crippen LogP contribution in [0.4, 0.5) is 5.82 Å². The molecule has 44 heavy (non-hydrogen) atoms. The molecule has 0 bridgehead atoms. The number of hydrogen-bond donors (Lipinski definition) is 1. The minimum atomic E-state index is -0.254. The van der Waals surface area contributed by atoms with Crippen LogP contribution in [0.2, 0.25) is 0 Å². The average Bonchev–Trinajstić information content (AvgIpc) is 3.39. The maximum absolute atomic E-state index is 11.5. The molecule has 2 N–H and O–H groups in total. The molecule has 13 heteroatoms. The first-order chi connectivity index (χ1) is 21.4. The fraction of sp³-hybridized carbons (Fsp3) is 0.613. The third-order valence-electron chi connectivity index (χ3n) is 7.97. The van der Waals surface area contributed by atoms with Crippen molar-refractivity contribution in [1.82, 2.24) is 29.3 Å². The van der Waals surface area contributed by atoms with Crippen molar-refractivity contribution in [3.05, 3.63) is 29.8 Å². The number of ether oxygens (including phenoxy) is 5. The molecule has 1 aliphatic rings. The van der Waals surface area contributed by atoms with E-state index < -0.39 is 0 Å². The molecule has 1 saturated heterocycles. The predicted octanol–water partition coefficient (Wildman–Crippen LogP) is 2.66. The average molecular weight is 614 g/mol. The topological polar surface area (TPSA) is 139 Å². The number of rotatable bonds is 18. The molecule has 1 aliphatic heterocycles. The first kappa shape index (κ1) is 33.2. The number of nitrogens with zero attached hydrogens (tertiary/aromatic N) is 6. The number of aromatic nitrogens is 4. The lowest BCUT2D eigenvalue weighted by atomic mass is 9.93. The zero-order valence-electron chi connectivity index (χ0n) is 26.5. The summed E-state index contributed by atoms with van der Waals surface area (Å²) >= 11 is 0. The van der Waals surface area contributed by atoms with Crippen molar-refractivity contribution >= 4 is 23.0 Å². The zero-order chi connectivity index (χ0) is 31.3. The summed E-state index contributed by atoms with van der Waals surface area (Å²) in [7, 11) is 6.75. The Morgan fingerprint density at radius 2 is 1.84 bits per heavy atom. The maximum atomic E-state index is 11.5. The van der Waals surface area contributed by atoms with Crippen molar-refractivity contribution in [2.75, 3.05) is 86.7 Å². The van der Waals surface area contributed by atoms with E-state index in [1.54, 1.807) is 14.2 Å². The second-order valence-corrected chi connectivity index (χ2v) is 11.1. The number of fused-ring (bicyclic) bond motifs is 1. The largest absolute Gasteiger partial charge is 0.492 e. The van der Waals surface area contributed by atoms with Crippen molar-refractivity contribution in [3.8, 4) is 17.8 Å². The standard InChI is InChI=1S/C31H47N7O6/c1-36(17-18-43-25-8-5-7-24(21-25)22-26(39)41-3)12-6-13-37-14-9-23(10-15-37)11-16-38-29-27(33-31(38)42-4)28(32)34-30(35-29)44-20-19-40-2/h5,7-8,21,23H,6,9-20,22H2,1-4H3,(H2,32,34,35). The van der Waals surface area contributed by atoms with E-state index in [2.05, 4.69) is 31.8 Å². The lowest BCUT2D eigenvalue weighted by Gasteiger charge is -2.32. The van der Waals surface area contributed by atoms with Crippen molar-refractivity contribution in [3.63, 3.8) is 0 Å². The Morgan fingerprint density at radius 3 is 2.59 bits per heavy atom. The van der Waals surface area contributed by atoms with Gasteiger partial charge in [-0.15, -0.1) is 0 Å². The SMILES string of the molecule is COCCOc1nc(N)c2nc(OC)n(CCC3CCN(CCCN(C)CCOc4cccc(CC(=O)OC)c4)CC3)c2n1. The fourth-order valence-electron chi connectivity index (χ4n) is 5.41. The number of methoxy groups -OCH3 is 3. The number of piperidine rings is 1. The van der Waals surface area contributed by atoms with Crippen LogP contribution in [0.25, 0.3) is 11.2 Å². The van der Waals surface area contributed by atoms with Crippen LogP contribution in [-0.4, -0.2) is 116 Å². The second-order valence-electron chi connectivity index (χ2n) is 11.1. The van der Waals surface area contributed by atoms with Crippen LogP contribution in [-0.2, 0) is 27.2 Å². The monoisotopic (exact) mass is 613 g/mol. The lowest BCUT2D eigenvalue weighted by molar-refractivity contribution is -0.139. The Kier molecular flexibility index (Phi) is 12.8. The Balaban J connectivity index is 1.15. The van der Waals surface area contributed by atoms with Crippen molar-refractivity contribution in [2.24, 2.45) is 5.92 Å². The molecule has 0 amide bonds. The summed E-state index contributed by atoms with van der Waals surface area (Å²) in [5, 5.41) is 0. The third-order valence-corrected chi connectivity index (χ3v) is 7.97. The summed E-state index contributed by atoms with van der Waals surface area (Å²) in [5.74, 6) is 1.41. The first-order valence-electron chi connectivity index (χ1n) is 15.3. The van der Waals surface area contributed by atoms with Gasteiger partial charge >= 0.3 is 12.0 Å². The summed E-state index contributed by atoms with van der Waals surface area (Å²) in [5.41, 5.74) is 8.20. The summed E-state index contributed by atoms with van der Waals surface area (Å²) in [6.07, 6.45) is 4.70. The van der Waals surface area contributed by atoms with Crippen LogP contribution in [0.3, 0.4) is 0 Å².